The monoisotopic (exact) mass is 243 g/mol. The van der Waals surface area contributed by atoms with Crippen LogP contribution < -0.4 is 11.1 Å². The number of guanidine groups is 1. The van der Waals surface area contributed by atoms with Gasteiger partial charge in [0.1, 0.15) is 0 Å². The number of nitrogens with two attached hydrogens (primary N) is 1. The molecule has 17 heavy (non-hydrogen) atoms. The van der Waals surface area contributed by atoms with Crippen molar-refractivity contribution < 1.29 is 9.47 Å². The number of rotatable bonds is 5. The largest absolute Gasteiger partial charge is 0.381 e. The van der Waals surface area contributed by atoms with Gasteiger partial charge in [0.2, 0.25) is 0 Å². The molecule has 0 amide bonds. The first-order valence-corrected chi connectivity index (χ1v) is 6.25. The predicted molar refractivity (Wildman–Crippen MR) is 69.1 cm³/mol. The van der Waals surface area contributed by atoms with Crippen LogP contribution in [0.25, 0.3) is 0 Å². The van der Waals surface area contributed by atoms with Crippen LogP contribution in [-0.4, -0.2) is 45.0 Å². The van der Waals surface area contributed by atoms with Gasteiger partial charge in [0.05, 0.1) is 12.1 Å². The van der Waals surface area contributed by atoms with Crippen molar-refractivity contribution in [2.24, 2.45) is 16.6 Å². The summed E-state index contributed by atoms with van der Waals surface area (Å²) in [6, 6.07) is 0. The molecule has 0 bridgehead atoms. The third-order valence-corrected chi connectivity index (χ3v) is 3.07. The molecule has 0 saturated carbocycles. The molecular formula is C12H25N3O2. The van der Waals surface area contributed by atoms with Crippen LogP contribution >= 0.6 is 0 Å². The fourth-order valence-electron chi connectivity index (χ4n) is 1.76. The number of aliphatic imine (C=N–C) groups is 1. The standard InChI is InChI=1S/C12H25N3O2/c1-10(2)8-14-11(13)15-9-12(16-3)4-6-17-7-5-12/h10H,4-9H2,1-3H3,(H3,13,14,15). The van der Waals surface area contributed by atoms with Crippen molar-refractivity contribution in [3.05, 3.63) is 0 Å². The van der Waals surface area contributed by atoms with Crippen LogP contribution in [0.4, 0.5) is 0 Å². The molecule has 0 aromatic carbocycles. The third kappa shape index (κ3) is 4.91. The SMILES string of the molecule is COC1(CN=C(N)NCC(C)C)CCOCC1. The average Bonchev–Trinajstić information content (AvgIpc) is 2.35. The second-order valence-electron chi connectivity index (χ2n) is 4.98. The third-order valence-electron chi connectivity index (χ3n) is 3.07. The molecule has 1 heterocycles. The lowest BCUT2D eigenvalue weighted by molar-refractivity contribution is -0.0828. The minimum atomic E-state index is -0.192. The zero-order valence-electron chi connectivity index (χ0n) is 11.2. The summed E-state index contributed by atoms with van der Waals surface area (Å²) >= 11 is 0. The zero-order valence-corrected chi connectivity index (χ0v) is 11.2. The molecular weight excluding hydrogens is 218 g/mol. The van der Waals surface area contributed by atoms with Gasteiger partial charge < -0.3 is 20.5 Å². The first-order chi connectivity index (χ1) is 8.08. The molecule has 0 atom stereocenters. The molecule has 0 radical (unpaired) electrons. The molecule has 0 aliphatic carbocycles. The van der Waals surface area contributed by atoms with Crippen LogP contribution in [-0.2, 0) is 9.47 Å². The Morgan fingerprint density at radius 2 is 2.12 bits per heavy atom. The van der Waals surface area contributed by atoms with Gasteiger partial charge in [0, 0.05) is 39.7 Å². The molecule has 3 N–H and O–H groups in total. The van der Waals surface area contributed by atoms with Gasteiger partial charge in [0.15, 0.2) is 5.96 Å². The summed E-state index contributed by atoms with van der Waals surface area (Å²) in [5, 5.41) is 3.10. The van der Waals surface area contributed by atoms with Gasteiger partial charge >= 0.3 is 0 Å². The summed E-state index contributed by atoms with van der Waals surface area (Å²) in [5.74, 6) is 1.06. The number of nitrogens with one attached hydrogen (secondary N) is 1. The van der Waals surface area contributed by atoms with Crippen molar-refractivity contribution in [1.29, 1.82) is 0 Å². The lowest BCUT2D eigenvalue weighted by Crippen LogP contribution is -2.43. The number of ether oxygens (including phenoxy) is 2. The Labute approximate surface area is 104 Å². The van der Waals surface area contributed by atoms with E-state index in [4.69, 9.17) is 15.2 Å². The smallest absolute Gasteiger partial charge is 0.188 e. The van der Waals surface area contributed by atoms with E-state index < -0.39 is 0 Å². The Hall–Kier alpha value is -0.810. The maximum absolute atomic E-state index is 5.80. The lowest BCUT2D eigenvalue weighted by Gasteiger charge is -2.34. The summed E-state index contributed by atoms with van der Waals surface area (Å²) in [6.45, 7) is 7.19. The molecule has 1 fully saturated rings. The second-order valence-corrected chi connectivity index (χ2v) is 4.98. The van der Waals surface area contributed by atoms with E-state index in [0.29, 0.717) is 18.4 Å². The molecule has 1 aliphatic rings. The van der Waals surface area contributed by atoms with Crippen LogP contribution in [0.3, 0.4) is 0 Å². The van der Waals surface area contributed by atoms with Crippen molar-refractivity contribution in [1.82, 2.24) is 5.32 Å². The zero-order chi connectivity index (χ0) is 12.7. The van der Waals surface area contributed by atoms with Gasteiger partial charge in [-0.15, -0.1) is 0 Å². The normalized spacial score (nSPS) is 20.6. The van der Waals surface area contributed by atoms with E-state index in [-0.39, 0.29) is 5.60 Å². The summed E-state index contributed by atoms with van der Waals surface area (Å²) in [7, 11) is 1.73. The van der Waals surface area contributed by atoms with Gasteiger partial charge in [-0.05, 0) is 5.92 Å². The number of hydrogen-bond acceptors (Lipinski definition) is 3. The van der Waals surface area contributed by atoms with Crippen molar-refractivity contribution in [2.45, 2.75) is 32.3 Å². The van der Waals surface area contributed by atoms with Gasteiger partial charge in [-0.1, -0.05) is 13.8 Å². The van der Waals surface area contributed by atoms with E-state index >= 15 is 0 Å². The minimum Gasteiger partial charge on any atom is -0.381 e. The maximum atomic E-state index is 5.80. The van der Waals surface area contributed by atoms with E-state index in [0.717, 1.165) is 32.6 Å². The predicted octanol–water partition coefficient (Wildman–Crippen LogP) is 0.742. The van der Waals surface area contributed by atoms with E-state index in [1.807, 2.05) is 0 Å². The number of hydrogen-bond donors (Lipinski definition) is 2. The summed E-state index contributed by atoms with van der Waals surface area (Å²) in [4.78, 5) is 4.37. The van der Waals surface area contributed by atoms with Crippen LogP contribution in [0.15, 0.2) is 4.99 Å². The molecule has 5 heteroatoms. The highest BCUT2D eigenvalue weighted by Gasteiger charge is 2.32. The first-order valence-electron chi connectivity index (χ1n) is 6.25. The fourth-order valence-corrected chi connectivity index (χ4v) is 1.76. The fraction of sp³-hybridized carbons (Fsp3) is 0.917. The summed E-state index contributed by atoms with van der Waals surface area (Å²) < 4.78 is 10.9. The molecule has 1 saturated heterocycles. The molecule has 0 unspecified atom stereocenters. The summed E-state index contributed by atoms with van der Waals surface area (Å²) in [6.07, 6.45) is 1.76. The van der Waals surface area contributed by atoms with Gasteiger partial charge in [0.25, 0.3) is 0 Å². The Balaban J connectivity index is 2.42. The van der Waals surface area contributed by atoms with Crippen molar-refractivity contribution in [3.8, 4) is 0 Å². The molecule has 1 rings (SSSR count). The Morgan fingerprint density at radius 3 is 2.65 bits per heavy atom. The highest BCUT2D eigenvalue weighted by molar-refractivity contribution is 5.77. The second kappa shape index (κ2) is 6.81. The average molecular weight is 243 g/mol. The van der Waals surface area contributed by atoms with E-state index in [1.54, 1.807) is 7.11 Å². The summed E-state index contributed by atoms with van der Waals surface area (Å²) in [5.41, 5.74) is 5.61. The van der Waals surface area contributed by atoms with Crippen LogP contribution in [0.2, 0.25) is 0 Å². The molecule has 100 valence electrons. The van der Waals surface area contributed by atoms with Gasteiger partial charge in [-0.2, -0.15) is 0 Å². The van der Waals surface area contributed by atoms with Crippen LogP contribution in [0.5, 0.6) is 0 Å². The molecule has 0 spiro atoms. The minimum absolute atomic E-state index is 0.192. The topological polar surface area (TPSA) is 68.9 Å². The Bertz CT molecular complexity index is 248. The van der Waals surface area contributed by atoms with Gasteiger partial charge in [-0.3, -0.25) is 4.99 Å². The molecule has 5 nitrogen and oxygen atoms in total. The maximum Gasteiger partial charge on any atom is 0.188 e. The van der Waals surface area contributed by atoms with Crippen molar-refractivity contribution in [3.63, 3.8) is 0 Å². The Morgan fingerprint density at radius 1 is 1.47 bits per heavy atom. The van der Waals surface area contributed by atoms with Crippen molar-refractivity contribution >= 4 is 5.96 Å². The Kier molecular flexibility index (Phi) is 5.71. The van der Waals surface area contributed by atoms with Crippen LogP contribution in [0, 0.1) is 5.92 Å². The molecule has 1 aliphatic heterocycles. The van der Waals surface area contributed by atoms with Crippen molar-refractivity contribution in [2.75, 3.05) is 33.4 Å². The number of nitrogens with zero attached hydrogens (tertiary/aromatic N) is 1. The first kappa shape index (κ1) is 14.3. The van der Waals surface area contributed by atoms with Crippen LogP contribution in [0.1, 0.15) is 26.7 Å². The van der Waals surface area contributed by atoms with Gasteiger partial charge in [-0.25, -0.2) is 0 Å². The lowest BCUT2D eigenvalue weighted by atomic mass is 9.94. The molecule has 0 aromatic heterocycles. The highest BCUT2D eigenvalue weighted by atomic mass is 16.5. The highest BCUT2D eigenvalue weighted by Crippen LogP contribution is 2.24. The quantitative estimate of drug-likeness (QED) is 0.552. The van der Waals surface area contributed by atoms with E-state index in [1.165, 1.54) is 0 Å². The molecule has 0 aromatic rings. The van der Waals surface area contributed by atoms with E-state index in [9.17, 15) is 0 Å². The van der Waals surface area contributed by atoms with E-state index in [2.05, 4.69) is 24.2 Å². The number of methoxy groups -OCH3 is 1.